The fourth-order valence-electron chi connectivity index (χ4n) is 3.90. The molecular formula is C24H23F4N5O3S. The van der Waals surface area contributed by atoms with E-state index in [0.29, 0.717) is 11.3 Å². The maximum absolute atomic E-state index is 14.9. The molecular weight excluding hydrogens is 514 g/mol. The zero-order valence-electron chi connectivity index (χ0n) is 20.1. The highest BCUT2D eigenvalue weighted by molar-refractivity contribution is 7.91. The predicted molar refractivity (Wildman–Crippen MR) is 127 cm³/mol. The van der Waals surface area contributed by atoms with Gasteiger partial charge in [0, 0.05) is 28.5 Å². The van der Waals surface area contributed by atoms with Crippen molar-refractivity contribution in [1.82, 2.24) is 15.2 Å². The van der Waals surface area contributed by atoms with E-state index < -0.39 is 50.5 Å². The Morgan fingerprint density at radius 1 is 1.19 bits per heavy atom. The molecule has 2 aromatic heterocycles. The quantitative estimate of drug-likeness (QED) is 0.294. The molecule has 13 heteroatoms. The number of pyridine rings is 1. The fourth-order valence-corrected chi connectivity index (χ4v) is 4.59. The van der Waals surface area contributed by atoms with Crippen LogP contribution < -0.4 is 10.1 Å². The molecule has 3 aromatic rings. The smallest absolute Gasteiger partial charge is 0.432 e. The molecule has 8 nitrogen and oxygen atoms in total. The summed E-state index contributed by atoms with van der Waals surface area (Å²) in [6.07, 6.45) is -0.947. The lowest BCUT2D eigenvalue weighted by atomic mass is 9.82. The third kappa shape index (κ3) is 5.55. The molecule has 0 saturated heterocycles. The number of hydrogen-bond acceptors (Lipinski definition) is 7. The van der Waals surface area contributed by atoms with Crippen LogP contribution in [0.3, 0.4) is 0 Å². The molecule has 0 spiro atoms. The lowest BCUT2D eigenvalue weighted by Crippen LogP contribution is -2.21. The predicted octanol–water partition coefficient (Wildman–Crippen LogP) is 5.99. The Hall–Kier alpha value is -3.61. The van der Waals surface area contributed by atoms with Gasteiger partial charge in [-0.3, -0.25) is 4.79 Å². The van der Waals surface area contributed by atoms with Gasteiger partial charge >= 0.3 is 6.18 Å². The van der Waals surface area contributed by atoms with Crippen molar-refractivity contribution >= 4 is 21.3 Å². The fraction of sp³-hybridized carbons (Fsp3) is 0.333. The number of carbonyl (C=O) groups excluding carboxylic acids is 1. The van der Waals surface area contributed by atoms with Crippen LogP contribution in [0.5, 0.6) is 11.6 Å². The Labute approximate surface area is 210 Å². The molecule has 1 unspecified atom stereocenters. The van der Waals surface area contributed by atoms with Gasteiger partial charge in [-0.2, -0.15) is 17.6 Å². The molecule has 0 bridgehead atoms. The van der Waals surface area contributed by atoms with Gasteiger partial charge in [-0.05, 0) is 62.1 Å². The lowest BCUT2D eigenvalue weighted by Gasteiger charge is -2.25. The Balaban J connectivity index is 1.75. The Bertz CT molecular complexity index is 1470. The second kappa shape index (κ2) is 9.69. The van der Waals surface area contributed by atoms with E-state index in [1.807, 2.05) is 0 Å². The number of halogens is 4. The highest BCUT2D eigenvalue weighted by Crippen LogP contribution is 2.39. The summed E-state index contributed by atoms with van der Waals surface area (Å²) in [5, 5.41) is 9.06. The van der Waals surface area contributed by atoms with Crippen LogP contribution >= 0.6 is 0 Å². The van der Waals surface area contributed by atoms with Crippen molar-refractivity contribution < 1.29 is 31.3 Å². The SMILES string of the molecule is Cc1cc(C2CCC2)nc(F)c1Oc1nnc(C(F)(F)F)c(C)c1C(=O)Nc1cccc(S(C)(=N)=O)c1. The number of anilines is 1. The molecule has 2 heterocycles. The molecule has 0 aliphatic heterocycles. The van der Waals surface area contributed by atoms with Gasteiger partial charge in [0.2, 0.25) is 0 Å². The average Bonchev–Trinajstić information content (AvgIpc) is 2.73. The number of aromatic nitrogens is 3. The molecule has 37 heavy (non-hydrogen) atoms. The van der Waals surface area contributed by atoms with Crippen LogP contribution in [0, 0.1) is 24.6 Å². The molecule has 1 aromatic carbocycles. The second-order valence-electron chi connectivity index (χ2n) is 8.89. The zero-order valence-corrected chi connectivity index (χ0v) is 20.9. The Morgan fingerprint density at radius 2 is 1.89 bits per heavy atom. The van der Waals surface area contributed by atoms with Gasteiger partial charge in [0.05, 0.1) is 9.73 Å². The third-order valence-electron chi connectivity index (χ3n) is 6.08. The Morgan fingerprint density at radius 3 is 2.46 bits per heavy atom. The van der Waals surface area contributed by atoms with E-state index in [1.165, 1.54) is 30.5 Å². The normalized spacial score (nSPS) is 15.5. The van der Waals surface area contributed by atoms with Crippen molar-refractivity contribution in [3.63, 3.8) is 0 Å². The second-order valence-corrected chi connectivity index (χ2v) is 11.0. The number of alkyl halides is 3. The van der Waals surface area contributed by atoms with Crippen molar-refractivity contribution in [1.29, 1.82) is 4.78 Å². The molecule has 1 atom stereocenters. The molecule has 196 valence electrons. The van der Waals surface area contributed by atoms with E-state index in [4.69, 9.17) is 9.52 Å². The highest BCUT2D eigenvalue weighted by atomic mass is 32.2. The minimum atomic E-state index is -4.92. The van der Waals surface area contributed by atoms with Gasteiger partial charge in [-0.15, -0.1) is 10.2 Å². The van der Waals surface area contributed by atoms with E-state index in [-0.39, 0.29) is 22.3 Å². The van der Waals surface area contributed by atoms with Crippen LogP contribution in [0.4, 0.5) is 23.2 Å². The molecule has 1 aliphatic carbocycles. The van der Waals surface area contributed by atoms with Gasteiger partial charge in [0.1, 0.15) is 5.56 Å². The van der Waals surface area contributed by atoms with Gasteiger partial charge in [0.15, 0.2) is 11.4 Å². The molecule has 1 fully saturated rings. The van der Waals surface area contributed by atoms with Crippen molar-refractivity contribution in [2.45, 2.75) is 50.1 Å². The first-order valence-corrected chi connectivity index (χ1v) is 13.2. The maximum Gasteiger partial charge on any atom is 0.435 e. The number of carbonyl (C=O) groups is 1. The topological polar surface area (TPSA) is 118 Å². The minimum Gasteiger partial charge on any atom is -0.432 e. The number of benzene rings is 1. The van der Waals surface area contributed by atoms with E-state index in [2.05, 4.69) is 20.5 Å². The minimum absolute atomic E-state index is 0.0777. The lowest BCUT2D eigenvalue weighted by molar-refractivity contribution is -0.142. The number of nitrogens with one attached hydrogen (secondary N) is 2. The molecule has 1 amide bonds. The van der Waals surface area contributed by atoms with E-state index in [0.717, 1.165) is 26.2 Å². The summed E-state index contributed by atoms with van der Waals surface area (Å²) in [7, 11) is -3.12. The first kappa shape index (κ1) is 26.5. The van der Waals surface area contributed by atoms with Crippen molar-refractivity contribution in [2.75, 3.05) is 11.6 Å². The van der Waals surface area contributed by atoms with E-state index >= 15 is 0 Å². The van der Waals surface area contributed by atoms with Crippen LogP contribution in [-0.4, -0.2) is 31.6 Å². The zero-order chi connectivity index (χ0) is 27.1. The highest BCUT2D eigenvalue weighted by Gasteiger charge is 2.38. The number of nitrogens with zero attached hydrogens (tertiary/aromatic N) is 3. The van der Waals surface area contributed by atoms with Gasteiger partial charge in [-0.1, -0.05) is 12.5 Å². The van der Waals surface area contributed by atoms with Crippen LogP contribution in [0.15, 0.2) is 35.2 Å². The van der Waals surface area contributed by atoms with E-state index in [9.17, 15) is 26.6 Å². The number of rotatable bonds is 6. The first-order chi connectivity index (χ1) is 17.3. The number of aryl methyl sites for hydroxylation is 1. The molecule has 4 rings (SSSR count). The van der Waals surface area contributed by atoms with Crippen LogP contribution in [0.25, 0.3) is 0 Å². The van der Waals surface area contributed by atoms with Crippen LogP contribution in [0.1, 0.15) is 58.1 Å². The summed E-state index contributed by atoms with van der Waals surface area (Å²) in [6.45, 7) is 2.58. The standard InChI is InChI=1S/C24H23F4N5O3S/c1-12-10-17(14-6-4-7-14)31-21(25)19(12)36-23-18(13(2)20(32-33-23)24(26,27)28)22(34)30-15-8-5-9-16(11-15)37(3,29)35/h5,8-11,14,29H,4,6-7H2,1-3H3,(H,30,34). The largest absolute Gasteiger partial charge is 0.435 e. The summed E-state index contributed by atoms with van der Waals surface area (Å²) in [4.78, 5) is 17.2. The summed E-state index contributed by atoms with van der Waals surface area (Å²) in [6, 6.07) is 7.18. The molecule has 1 saturated carbocycles. The molecule has 1 aliphatic rings. The monoisotopic (exact) mass is 537 g/mol. The first-order valence-electron chi connectivity index (χ1n) is 11.2. The van der Waals surface area contributed by atoms with Crippen molar-refractivity contribution in [3.8, 4) is 11.6 Å². The van der Waals surface area contributed by atoms with Crippen molar-refractivity contribution in [3.05, 3.63) is 64.4 Å². The van der Waals surface area contributed by atoms with Gasteiger partial charge in [0.25, 0.3) is 17.7 Å². The summed E-state index contributed by atoms with van der Waals surface area (Å²) in [5.74, 6) is -2.91. The van der Waals surface area contributed by atoms with E-state index in [1.54, 1.807) is 13.0 Å². The number of amides is 1. The number of ether oxygens (including phenoxy) is 1. The van der Waals surface area contributed by atoms with Gasteiger partial charge in [-0.25, -0.2) is 14.0 Å². The van der Waals surface area contributed by atoms with Crippen molar-refractivity contribution in [2.24, 2.45) is 0 Å². The summed E-state index contributed by atoms with van der Waals surface area (Å²) < 4.78 is 80.9. The number of hydrogen-bond donors (Lipinski definition) is 2. The summed E-state index contributed by atoms with van der Waals surface area (Å²) in [5.41, 5.74) is -1.63. The van der Waals surface area contributed by atoms with Crippen LogP contribution in [0.2, 0.25) is 0 Å². The average molecular weight is 538 g/mol. The summed E-state index contributed by atoms with van der Waals surface area (Å²) >= 11 is 0. The van der Waals surface area contributed by atoms with Crippen LogP contribution in [-0.2, 0) is 15.9 Å². The molecule has 0 radical (unpaired) electrons. The Kier molecular flexibility index (Phi) is 6.93. The molecule has 2 N–H and O–H groups in total. The third-order valence-corrected chi connectivity index (χ3v) is 7.23. The van der Waals surface area contributed by atoms with Gasteiger partial charge < -0.3 is 10.1 Å². The maximum atomic E-state index is 14.9.